The third-order valence-electron chi connectivity index (χ3n) is 2.99. The summed E-state index contributed by atoms with van der Waals surface area (Å²) < 4.78 is 5.48. The van der Waals surface area contributed by atoms with Crippen molar-refractivity contribution in [3.63, 3.8) is 0 Å². The van der Waals surface area contributed by atoms with E-state index >= 15 is 0 Å². The predicted octanol–water partition coefficient (Wildman–Crippen LogP) is 3.88. The highest BCUT2D eigenvalue weighted by atomic mass is 16.5. The van der Waals surface area contributed by atoms with Crippen LogP contribution >= 0.6 is 0 Å². The van der Waals surface area contributed by atoms with Crippen LogP contribution in [-0.2, 0) is 6.54 Å². The maximum atomic E-state index is 9.11. The summed E-state index contributed by atoms with van der Waals surface area (Å²) in [4.78, 5) is 0. The Morgan fingerprint density at radius 2 is 2.05 bits per heavy atom. The van der Waals surface area contributed by atoms with E-state index in [1.54, 1.807) is 0 Å². The molecule has 0 spiro atoms. The summed E-state index contributed by atoms with van der Waals surface area (Å²) in [6.07, 6.45) is 0. The Balaban J connectivity index is 2.11. The van der Waals surface area contributed by atoms with E-state index in [2.05, 4.69) is 11.4 Å². The van der Waals surface area contributed by atoms with Crippen molar-refractivity contribution in [1.82, 2.24) is 0 Å². The topological polar surface area (TPSA) is 45.0 Å². The molecule has 0 aliphatic heterocycles. The van der Waals surface area contributed by atoms with Crippen LogP contribution < -0.4 is 10.1 Å². The monoisotopic (exact) mass is 266 g/mol. The second kappa shape index (κ2) is 6.63. The Hall–Kier alpha value is -2.47. The number of hydrogen-bond acceptors (Lipinski definition) is 3. The smallest absolute Gasteiger partial charge is 0.119 e. The zero-order chi connectivity index (χ0) is 14.4. The van der Waals surface area contributed by atoms with E-state index in [0.717, 1.165) is 22.6 Å². The van der Waals surface area contributed by atoms with Crippen LogP contribution in [-0.4, -0.2) is 6.61 Å². The number of aryl methyl sites for hydroxylation is 1. The SMILES string of the molecule is CCOc1cccc(CNc2cc(C)ccc2C#N)c1. The molecular formula is C17H18N2O. The van der Waals surface area contributed by atoms with Crippen LogP contribution in [0.5, 0.6) is 5.75 Å². The highest BCUT2D eigenvalue weighted by Crippen LogP contribution is 2.19. The lowest BCUT2D eigenvalue weighted by atomic mass is 10.1. The van der Waals surface area contributed by atoms with Crippen molar-refractivity contribution >= 4 is 5.69 Å². The lowest BCUT2D eigenvalue weighted by Crippen LogP contribution is -2.02. The number of anilines is 1. The van der Waals surface area contributed by atoms with Gasteiger partial charge >= 0.3 is 0 Å². The summed E-state index contributed by atoms with van der Waals surface area (Å²) in [5.41, 5.74) is 3.79. The van der Waals surface area contributed by atoms with Gasteiger partial charge in [-0.2, -0.15) is 5.26 Å². The zero-order valence-electron chi connectivity index (χ0n) is 11.8. The highest BCUT2D eigenvalue weighted by Gasteiger charge is 2.02. The van der Waals surface area contributed by atoms with Gasteiger partial charge in [0.15, 0.2) is 0 Å². The summed E-state index contributed by atoms with van der Waals surface area (Å²) in [6.45, 7) is 5.31. The molecule has 0 heterocycles. The molecule has 0 radical (unpaired) electrons. The summed E-state index contributed by atoms with van der Waals surface area (Å²) in [5, 5.41) is 12.4. The molecule has 2 aromatic carbocycles. The fraction of sp³-hybridized carbons (Fsp3) is 0.235. The van der Waals surface area contributed by atoms with Crippen molar-refractivity contribution in [3.05, 3.63) is 59.2 Å². The Morgan fingerprint density at radius 1 is 1.20 bits per heavy atom. The van der Waals surface area contributed by atoms with Gasteiger partial charge in [-0.3, -0.25) is 0 Å². The first-order valence-corrected chi connectivity index (χ1v) is 6.69. The summed E-state index contributed by atoms with van der Waals surface area (Å²) in [5.74, 6) is 0.872. The van der Waals surface area contributed by atoms with Gasteiger partial charge in [0.1, 0.15) is 11.8 Å². The average Bonchev–Trinajstić information content (AvgIpc) is 2.46. The second-order valence-corrected chi connectivity index (χ2v) is 4.59. The van der Waals surface area contributed by atoms with E-state index in [-0.39, 0.29) is 0 Å². The molecule has 0 saturated carbocycles. The molecule has 0 amide bonds. The van der Waals surface area contributed by atoms with Crippen LogP contribution in [0, 0.1) is 18.3 Å². The van der Waals surface area contributed by atoms with E-state index in [1.807, 2.05) is 56.3 Å². The molecule has 102 valence electrons. The van der Waals surface area contributed by atoms with Gasteiger partial charge < -0.3 is 10.1 Å². The van der Waals surface area contributed by atoms with Crippen molar-refractivity contribution in [1.29, 1.82) is 5.26 Å². The number of benzene rings is 2. The fourth-order valence-electron chi connectivity index (χ4n) is 2.01. The van der Waals surface area contributed by atoms with Gasteiger partial charge in [-0.05, 0) is 49.2 Å². The average molecular weight is 266 g/mol. The molecule has 20 heavy (non-hydrogen) atoms. The van der Waals surface area contributed by atoms with Crippen LogP contribution in [0.1, 0.15) is 23.6 Å². The summed E-state index contributed by atoms with van der Waals surface area (Å²) >= 11 is 0. The Bertz CT molecular complexity index is 629. The highest BCUT2D eigenvalue weighted by molar-refractivity contribution is 5.59. The van der Waals surface area contributed by atoms with E-state index in [0.29, 0.717) is 18.7 Å². The fourth-order valence-corrected chi connectivity index (χ4v) is 2.01. The van der Waals surface area contributed by atoms with Gasteiger partial charge in [0, 0.05) is 6.54 Å². The minimum Gasteiger partial charge on any atom is -0.494 e. The molecule has 3 nitrogen and oxygen atoms in total. The molecule has 0 aromatic heterocycles. The molecule has 1 N–H and O–H groups in total. The van der Waals surface area contributed by atoms with E-state index < -0.39 is 0 Å². The van der Waals surface area contributed by atoms with Gasteiger partial charge in [0.05, 0.1) is 17.9 Å². The first-order chi connectivity index (χ1) is 9.72. The molecule has 0 aliphatic carbocycles. The number of rotatable bonds is 5. The van der Waals surface area contributed by atoms with Gasteiger partial charge in [0.25, 0.3) is 0 Å². The van der Waals surface area contributed by atoms with Gasteiger partial charge in [0.2, 0.25) is 0 Å². The molecule has 0 unspecified atom stereocenters. The van der Waals surface area contributed by atoms with Gasteiger partial charge in [-0.15, -0.1) is 0 Å². The summed E-state index contributed by atoms with van der Waals surface area (Å²) in [6, 6.07) is 16.0. The van der Waals surface area contributed by atoms with Crippen LogP contribution in [0.25, 0.3) is 0 Å². The summed E-state index contributed by atoms with van der Waals surface area (Å²) in [7, 11) is 0. The molecule has 3 heteroatoms. The molecule has 2 rings (SSSR count). The first kappa shape index (κ1) is 14.0. The van der Waals surface area contributed by atoms with Crippen LogP contribution in [0.2, 0.25) is 0 Å². The molecule has 2 aromatic rings. The number of hydrogen-bond donors (Lipinski definition) is 1. The van der Waals surface area contributed by atoms with Gasteiger partial charge in [-0.25, -0.2) is 0 Å². The van der Waals surface area contributed by atoms with Crippen molar-refractivity contribution in [3.8, 4) is 11.8 Å². The third-order valence-corrected chi connectivity index (χ3v) is 2.99. The predicted molar refractivity (Wildman–Crippen MR) is 80.8 cm³/mol. The zero-order valence-corrected chi connectivity index (χ0v) is 11.8. The maximum Gasteiger partial charge on any atom is 0.119 e. The number of nitrogens with one attached hydrogen (secondary N) is 1. The molecule has 0 atom stereocenters. The Kier molecular flexibility index (Phi) is 4.62. The second-order valence-electron chi connectivity index (χ2n) is 4.59. The lowest BCUT2D eigenvalue weighted by Gasteiger charge is -2.10. The van der Waals surface area contributed by atoms with Crippen molar-refractivity contribution in [2.75, 3.05) is 11.9 Å². The number of ether oxygens (including phenoxy) is 1. The van der Waals surface area contributed by atoms with Crippen LogP contribution in [0.4, 0.5) is 5.69 Å². The lowest BCUT2D eigenvalue weighted by molar-refractivity contribution is 0.340. The molecule has 0 bridgehead atoms. The van der Waals surface area contributed by atoms with E-state index in [9.17, 15) is 0 Å². The largest absolute Gasteiger partial charge is 0.494 e. The Labute approximate surface area is 119 Å². The standard InChI is InChI=1S/C17H18N2O/c1-3-20-16-6-4-5-14(10-16)12-19-17-9-13(2)7-8-15(17)11-18/h4-10,19H,3,12H2,1-2H3. The Morgan fingerprint density at radius 3 is 2.80 bits per heavy atom. The van der Waals surface area contributed by atoms with Crippen LogP contribution in [0.3, 0.4) is 0 Å². The molecule has 0 aliphatic rings. The minimum absolute atomic E-state index is 0.660. The quantitative estimate of drug-likeness (QED) is 0.893. The number of nitriles is 1. The maximum absolute atomic E-state index is 9.11. The van der Waals surface area contributed by atoms with E-state index in [1.165, 1.54) is 0 Å². The first-order valence-electron chi connectivity index (χ1n) is 6.69. The van der Waals surface area contributed by atoms with Gasteiger partial charge in [-0.1, -0.05) is 18.2 Å². The molecule has 0 saturated heterocycles. The van der Waals surface area contributed by atoms with Crippen molar-refractivity contribution in [2.24, 2.45) is 0 Å². The normalized spacial score (nSPS) is 9.85. The van der Waals surface area contributed by atoms with Crippen molar-refractivity contribution in [2.45, 2.75) is 20.4 Å². The van der Waals surface area contributed by atoms with Crippen molar-refractivity contribution < 1.29 is 4.74 Å². The molecule has 0 fully saturated rings. The number of nitrogens with zero attached hydrogens (tertiary/aromatic N) is 1. The molecular weight excluding hydrogens is 248 g/mol. The third kappa shape index (κ3) is 3.52. The van der Waals surface area contributed by atoms with E-state index in [4.69, 9.17) is 10.00 Å². The van der Waals surface area contributed by atoms with Crippen LogP contribution in [0.15, 0.2) is 42.5 Å². The minimum atomic E-state index is 0.660.